The third kappa shape index (κ3) is 2.55. The second-order valence-electron chi connectivity index (χ2n) is 2.56. The Morgan fingerprint density at radius 2 is 1.77 bits per heavy atom. The molecule has 5 heteroatoms. The topological polar surface area (TPSA) is 77.2 Å². The molecule has 1 aromatic rings. The monoisotopic (exact) mass is 199 g/mol. The van der Waals surface area contributed by atoms with E-state index < -0.39 is 15.1 Å². The van der Waals surface area contributed by atoms with Gasteiger partial charge in [-0.3, -0.25) is 4.79 Å². The zero-order valence-electron chi connectivity index (χ0n) is 6.80. The maximum absolute atomic E-state index is 11.0. The minimum Gasteiger partial charge on any atom is -0.356 e. The lowest BCUT2D eigenvalue weighted by Gasteiger charge is -1.98. The van der Waals surface area contributed by atoms with Crippen LogP contribution in [0.3, 0.4) is 0 Å². The molecule has 0 aliphatic rings. The summed E-state index contributed by atoms with van der Waals surface area (Å²) in [5.41, 5.74) is 5.25. The number of nitrogens with two attached hydrogens (primary N) is 1. The van der Waals surface area contributed by atoms with E-state index in [1.54, 1.807) is 30.3 Å². The summed E-state index contributed by atoms with van der Waals surface area (Å²) in [5.74, 6) is -0.330. The Balaban J connectivity index is 2.88. The van der Waals surface area contributed by atoms with Gasteiger partial charge in [0.25, 0.3) is 0 Å². The Morgan fingerprint density at radius 3 is 2.23 bits per heavy atom. The molecule has 1 amide bonds. The third-order valence-electron chi connectivity index (χ3n) is 1.51. The molecule has 1 aromatic carbocycles. The fourth-order valence-corrected chi connectivity index (χ4v) is 1.64. The molecule has 2 N–H and O–H groups in total. The van der Waals surface area contributed by atoms with Gasteiger partial charge in [0, 0.05) is 0 Å². The van der Waals surface area contributed by atoms with Crippen LogP contribution < -0.4 is 5.73 Å². The van der Waals surface area contributed by atoms with Crippen molar-refractivity contribution in [2.75, 3.05) is 0 Å². The van der Waals surface area contributed by atoms with Crippen LogP contribution >= 0.6 is 0 Å². The minimum absolute atomic E-state index is 0.330. The average molecular weight is 199 g/mol. The second-order valence-corrected chi connectivity index (χ2v) is 4.48. The molecule has 0 heterocycles. The first-order valence-corrected chi connectivity index (χ1v) is 5.24. The van der Waals surface area contributed by atoms with Crippen LogP contribution in [0.1, 0.15) is 5.56 Å². The first-order chi connectivity index (χ1) is 6.02. The van der Waals surface area contributed by atoms with Crippen molar-refractivity contribution in [1.29, 1.82) is 0 Å². The molecular weight excluding hydrogens is 190 g/mol. The predicted molar refractivity (Wildman–Crippen MR) is 48.6 cm³/mol. The van der Waals surface area contributed by atoms with Gasteiger partial charge < -0.3 is 5.73 Å². The van der Waals surface area contributed by atoms with E-state index in [-0.39, 0.29) is 5.75 Å². The highest BCUT2D eigenvalue weighted by atomic mass is 32.2. The van der Waals surface area contributed by atoms with Gasteiger partial charge in [-0.1, -0.05) is 30.3 Å². The summed E-state index contributed by atoms with van der Waals surface area (Å²) < 4.78 is 22.1. The predicted octanol–water partition coefficient (Wildman–Crippen LogP) is 0.680. The van der Waals surface area contributed by atoms with E-state index in [0.717, 1.165) is 0 Å². The van der Waals surface area contributed by atoms with E-state index in [1.165, 1.54) is 0 Å². The molecule has 4 nitrogen and oxygen atoms in total. The smallest absolute Gasteiger partial charge is 0.334 e. The highest BCUT2D eigenvalue weighted by molar-refractivity contribution is 8.05. The quantitative estimate of drug-likeness (QED) is 0.760. The van der Waals surface area contributed by atoms with Gasteiger partial charge in [0.15, 0.2) is 0 Å². The number of hydrogen-bond acceptors (Lipinski definition) is 3. The van der Waals surface area contributed by atoms with Crippen LogP contribution in [0.5, 0.6) is 0 Å². The number of carbonyl (C=O) groups excluding carboxylic acids is 1. The molecule has 13 heavy (non-hydrogen) atoms. The van der Waals surface area contributed by atoms with E-state index in [9.17, 15) is 13.2 Å². The molecule has 0 fully saturated rings. The standard InChI is InChI=1S/C8H9NO3S/c9-8(10)13(11,12)6-7-4-2-1-3-5-7/h1-5H,6H2,(H2,9,10). The first-order valence-electron chi connectivity index (χ1n) is 3.58. The number of amides is 1. The van der Waals surface area contributed by atoms with Crippen molar-refractivity contribution in [3.8, 4) is 0 Å². The van der Waals surface area contributed by atoms with Crippen molar-refractivity contribution < 1.29 is 13.2 Å². The van der Waals surface area contributed by atoms with Crippen molar-refractivity contribution in [2.45, 2.75) is 5.75 Å². The summed E-state index contributed by atoms with van der Waals surface area (Å²) in [6.07, 6.45) is 0. The second kappa shape index (κ2) is 3.57. The molecular formula is C8H9NO3S. The summed E-state index contributed by atoms with van der Waals surface area (Å²) >= 11 is 0. The van der Waals surface area contributed by atoms with Crippen molar-refractivity contribution >= 4 is 15.1 Å². The van der Waals surface area contributed by atoms with Crippen molar-refractivity contribution in [2.24, 2.45) is 5.73 Å². The van der Waals surface area contributed by atoms with Gasteiger partial charge in [-0.2, -0.15) is 0 Å². The molecule has 0 spiro atoms. The van der Waals surface area contributed by atoms with Crippen LogP contribution in [-0.2, 0) is 15.6 Å². The van der Waals surface area contributed by atoms with E-state index >= 15 is 0 Å². The molecule has 0 aliphatic carbocycles. The first kappa shape index (κ1) is 9.73. The summed E-state index contributed by atoms with van der Waals surface area (Å²) in [6.45, 7) is 0. The molecule has 1 rings (SSSR count). The number of carbonyl (C=O) groups is 1. The van der Waals surface area contributed by atoms with Crippen LogP contribution in [0, 0.1) is 0 Å². The molecule has 0 atom stereocenters. The Hall–Kier alpha value is -1.36. The number of hydrogen-bond donors (Lipinski definition) is 1. The maximum Gasteiger partial charge on any atom is 0.334 e. The van der Waals surface area contributed by atoms with Crippen LogP contribution in [0.4, 0.5) is 4.79 Å². The van der Waals surface area contributed by atoms with Gasteiger partial charge in [0.1, 0.15) is 0 Å². The normalized spacial score (nSPS) is 11.1. The van der Waals surface area contributed by atoms with Crippen LogP contribution in [-0.4, -0.2) is 13.7 Å². The molecule has 0 bridgehead atoms. The van der Waals surface area contributed by atoms with Crippen molar-refractivity contribution in [1.82, 2.24) is 0 Å². The van der Waals surface area contributed by atoms with Gasteiger partial charge in [0.2, 0.25) is 9.84 Å². The summed E-state index contributed by atoms with van der Waals surface area (Å²) in [6, 6.07) is 8.42. The Labute approximate surface area is 76.3 Å². The Bertz CT molecular complexity index is 397. The SMILES string of the molecule is NC(=O)S(=O)(=O)Cc1ccccc1. The largest absolute Gasteiger partial charge is 0.356 e. The third-order valence-corrected chi connectivity index (χ3v) is 2.83. The lowest BCUT2D eigenvalue weighted by molar-refractivity contribution is 0.265. The molecule has 70 valence electrons. The molecule has 0 unspecified atom stereocenters. The summed E-state index contributed by atoms with van der Waals surface area (Å²) in [5, 5.41) is -1.28. The minimum atomic E-state index is -3.81. The number of primary amides is 1. The lowest BCUT2D eigenvalue weighted by atomic mass is 10.2. The maximum atomic E-state index is 11.0. The zero-order chi connectivity index (χ0) is 9.90. The molecule has 0 radical (unpaired) electrons. The molecule has 0 saturated carbocycles. The summed E-state index contributed by atoms with van der Waals surface area (Å²) in [4.78, 5) is 10.5. The Morgan fingerprint density at radius 1 is 1.23 bits per heavy atom. The fourth-order valence-electron chi connectivity index (χ4n) is 0.865. The van der Waals surface area contributed by atoms with E-state index in [1.807, 2.05) is 0 Å². The van der Waals surface area contributed by atoms with E-state index in [4.69, 9.17) is 5.73 Å². The van der Waals surface area contributed by atoms with Gasteiger partial charge in [-0.05, 0) is 5.56 Å². The Kier molecular flexibility index (Phi) is 2.67. The average Bonchev–Trinajstić information content (AvgIpc) is 2.05. The number of rotatable bonds is 2. The fraction of sp³-hybridized carbons (Fsp3) is 0.125. The summed E-state index contributed by atoms with van der Waals surface area (Å²) in [7, 11) is -3.81. The highest BCUT2D eigenvalue weighted by Gasteiger charge is 2.18. The van der Waals surface area contributed by atoms with Crippen LogP contribution in [0.25, 0.3) is 0 Å². The van der Waals surface area contributed by atoms with Gasteiger partial charge in [-0.25, -0.2) is 8.42 Å². The molecule has 0 aromatic heterocycles. The van der Waals surface area contributed by atoms with E-state index in [0.29, 0.717) is 5.56 Å². The molecule has 0 saturated heterocycles. The van der Waals surface area contributed by atoms with Crippen LogP contribution in [0.2, 0.25) is 0 Å². The van der Waals surface area contributed by atoms with Gasteiger partial charge in [-0.15, -0.1) is 0 Å². The van der Waals surface area contributed by atoms with Crippen molar-refractivity contribution in [3.05, 3.63) is 35.9 Å². The number of benzene rings is 1. The molecule has 0 aliphatic heterocycles. The van der Waals surface area contributed by atoms with Crippen LogP contribution in [0.15, 0.2) is 30.3 Å². The van der Waals surface area contributed by atoms with E-state index in [2.05, 4.69) is 0 Å². The number of sulfone groups is 1. The van der Waals surface area contributed by atoms with Crippen molar-refractivity contribution in [3.63, 3.8) is 0 Å². The van der Waals surface area contributed by atoms with Gasteiger partial charge >= 0.3 is 5.24 Å². The zero-order valence-corrected chi connectivity index (χ0v) is 7.62. The highest BCUT2D eigenvalue weighted by Crippen LogP contribution is 2.05. The lowest BCUT2D eigenvalue weighted by Crippen LogP contribution is -2.23. The van der Waals surface area contributed by atoms with Gasteiger partial charge in [0.05, 0.1) is 5.75 Å².